The van der Waals surface area contributed by atoms with Crippen LogP contribution in [0.3, 0.4) is 0 Å². The lowest BCUT2D eigenvalue weighted by Gasteiger charge is -2.31. The summed E-state index contributed by atoms with van der Waals surface area (Å²) in [5, 5.41) is 24.7. The molecule has 9 nitrogen and oxygen atoms in total. The number of aliphatic hydroxyl groups excluding tert-OH is 2. The van der Waals surface area contributed by atoms with Crippen molar-refractivity contribution in [3.8, 4) is 0 Å². The molecule has 10 heteroatoms. The van der Waals surface area contributed by atoms with Crippen LogP contribution in [0.4, 0.5) is 0 Å². The Kier molecular flexibility index (Phi) is 54.3. The van der Waals surface area contributed by atoms with Gasteiger partial charge in [-0.1, -0.05) is 245 Å². The number of amides is 1. The lowest BCUT2D eigenvalue weighted by Crippen LogP contribution is -2.51. The van der Waals surface area contributed by atoms with E-state index in [1.54, 1.807) is 0 Å². The first-order valence-corrected chi connectivity index (χ1v) is 32.8. The number of unbranched alkanes of at least 4 members (excludes halogenated alkanes) is 24. The van der Waals surface area contributed by atoms with E-state index in [1.807, 2.05) is 21.1 Å². The Morgan fingerprint density at radius 3 is 1.25 bits per heavy atom. The second-order valence-electron chi connectivity index (χ2n) is 22.1. The van der Waals surface area contributed by atoms with Gasteiger partial charge in [-0.25, -0.2) is 0 Å². The van der Waals surface area contributed by atoms with E-state index in [0.29, 0.717) is 30.3 Å². The second kappa shape index (κ2) is 56.4. The number of aliphatic hydroxyl groups is 2. The predicted octanol–water partition coefficient (Wildman–Crippen LogP) is 17.9. The molecule has 0 saturated carbocycles. The van der Waals surface area contributed by atoms with Crippen molar-refractivity contribution in [2.45, 2.75) is 270 Å². The standard InChI is InChI=1S/C67H119N2O7P/c1-6-8-10-12-14-16-18-20-21-22-23-24-25-26-27-28-29-30-31-32-33-34-35-36-37-38-39-40-41-42-43-44-45-46-47-48-50-52-54-56-58-60-66(71)68-64(63-76-77(73,74)75-62-61-69(3,4)5)67(72)65(70)59-57-55-53-51-49-19-17-15-13-11-9-7-2/h8,10,14-17,20-21,23-24,26-27,29-30,32-33,51,53,64-65,67,70,72H,6-7,9,11-13,18-19,22,25,28,31,34-50,52,54-63H2,1-5H3,(H-,68,71,73,74)/b10-8-,16-14-,17-15+,21-20-,24-23-,27-26-,30-29-,33-32-,53-51+. The molecule has 0 bridgehead atoms. The van der Waals surface area contributed by atoms with Gasteiger partial charge in [-0.05, 0) is 109 Å². The van der Waals surface area contributed by atoms with Gasteiger partial charge in [0.15, 0.2) is 0 Å². The number of rotatable bonds is 56. The van der Waals surface area contributed by atoms with Gasteiger partial charge < -0.3 is 34.0 Å². The molecule has 0 spiro atoms. The minimum Gasteiger partial charge on any atom is -0.756 e. The molecule has 0 aliphatic heterocycles. The molecule has 0 radical (unpaired) electrons. The lowest BCUT2D eigenvalue weighted by molar-refractivity contribution is -0.870. The summed E-state index contributed by atoms with van der Waals surface area (Å²) in [5.41, 5.74) is 0. The third kappa shape index (κ3) is 57.6. The molecule has 0 aliphatic rings. The van der Waals surface area contributed by atoms with Gasteiger partial charge in [0.25, 0.3) is 7.82 Å². The molecule has 0 fully saturated rings. The Hall–Kier alpha value is -2.88. The summed E-state index contributed by atoms with van der Waals surface area (Å²) in [6.45, 7) is 4.26. The number of carbonyl (C=O) groups excluding carboxylic acids is 1. The number of hydrogen-bond donors (Lipinski definition) is 3. The fourth-order valence-electron chi connectivity index (χ4n) is 8.66. The van der Waals surface area contributed by atoms with Gasteiger partial charge >= 0.3 is 0 Å². The topological polar surface area (TPSA) is 128 Å². The van der Waals surface area contributed by atoms with E-state index in [4.69, 9.17) is 9.05 Å². The first kappa shape index (κ1) is 74.1. The van der Waals surface area contributed by atoms with Crippen LogP contribution in [0.2, 0.25) is 0 Å². The molecule has 1 amide bonds. The van der Waals surface area contributed by atoms with E-state index in [0.717, 1.165) is 89.9 Å². The number of hydrogen-bond acceptors (Lipinski definition) is 7. The molecular formula is C67H119N2O7P. The van der Waals surface area contributed by atoms with E-state index in [-0.39, 0.29) is 18.9 Å². The van der Waals surface area contributed by atoms with Gasteiger partial charge in [-0.3, -0.25) is 9.36 Å². The van der Waals surface area contributed by atoms with Crippen LogP contribution in [0.15, 0.2) is 109 Å². The maximum absolute atomic E-state index is 13.0. The predicted molar refractivity (Wildman–Crippen MR) is 331 cm³/mol. The summed E-state index contributed by atoms with van der Waals surface area (Å²) >= 11 is 0. The van der Waals surface area contributed by atoms with Gasteiger partial charge in [-0.15, -0.1) is 0 Å². The summed E-state index contributed by atoms with van der Waals surface area (Å²) in [4.78, 5) is 25.5. The Labute approximate surface area is 474 Å². The number of allylic oxidation sites excluding steroid dienone is 18. The fourth-order valence-corrected chi connectivity index (χ4v) is 9.39. The maximum atomic E-state index is 13.0. The molecule has 3 N–H and O–H groups in total. The highest BCUT2D eigenvalue weighted by atomic mass is 31.2. The monoisotopic (exact) mass is 1090 g/mol. The van der Waals surface area contributed by atoms with Gasteiger partial charge in [-0.2, -0.15) is 0 Å². The van der Waals surface area contributed by atoms with E-state index in [1.165, 1.54) is 122 Å². The highest BCUT2D eigenvalue weighted by Crippen LogP contribution is 2.38. The summed E-state index contributed by atoms with van der Waals surface area (Å²) in [7, 11) is 1.09. The number of carbonyl (C=O) groups is 1. The average Bonchev–Trinajstić information content (AvgIpc) is 3.39. The van der Waals surface area contributed by atoms with Crippen LogP contribution in [-0.2, 0) is 18.4 Å². The van der Waals surface area contributed by atoms with Crippen molar-refractivity contribution in [3.63, 3.8) is 0 Å². The van der Waals surface area contributed by atoms with E-state index >= 15 is 0 Å². The molecule has 0 aromatic carbocycles. The number of quaternary nitrogens is 1. The summed E-state index contributed by atoms with van der Waals surface area (Å²) in [6.07, 6.45) is 79.0. The van der Waals surface area contributed by atoms with Crippen molar-refractivity contribution in [1.82, 2.24) is 5.32 Å². The Balaban J connectivity index is 4.00. The van der Waals surface area contributed by atoms with Gasteiger partial charge in [0.05, 0.1) is 39.9 Å². The Bertz CT molecular complexity index is 1640. The molecule has 0 aromatic rings. The number of nitrogens with zero attached hydrogens (tertiary/aromatic N) is 1. The van der Waals surface area contributed by atoms with Crippen LogP contribution in [-0.4, -0.2) is 79.8 Å². The number of likely N-dealkylation sites (N-methyl/N-ethyl adjacent to an activating group) is 1. The van der Waals surface area contributed by atoms with Crippen LogP contribution < -0.4 is 10.2 Å². The largest absolute Gasteiger partial charge is 0.756 e. The molecule has 444 valence electrons. The van der Waals surface area contributed by atoms with Crippen molar-refractivity contribution in [3.05, 3.63) is 109 Å². The van der Waals surface area contributed by atoms with E-state index in [2.05, 4.69) is 129 Å². The van der Waals surface area contributed by atoms with Gasteiger partial charge in [0.1, 0.15) is 19.3 Å². The zero-order chi connectivity index (χ0) is 56.4. The quantitative estimate of drug-likeness (QED) is 0.0239. The van der Waals surface area contributed by atoms with E-state index < -0.39 is 32.7 Å². The Morgan fingerprint density at radius 1 is 0.481 bits per heavy atom. The molecule has 0 heterocycles. The maximum Gasteiger partial charge on any atom is 0.268 e. The molecular weight excluding hydrogens is 976 g/mol. The molecule has 4 unspecified atom stereocenters. The first-order valence-electron chi connectivity index (χ1n) is 31.3. The molecule has 0 aliphatic carbocycles. The Morgan fingerprint density at radius 2 is 0.831 bits per heavy atom. The number of phosphoric acid groups is 1. The molecule has 4 atom stereocenters. The van der Waals surface area contributed by atoms with Crippen molar-refractivity contribution in [1.29, 1.82) is 0 Å². The van der Waals surface area contributed by atoms with Crippen LogP contribution >= 0.6 is 7.82 Å². The third-order valence-corrected chi connectivity index (χ3v) is 14.5. The summed E-state index contributed by atoms with van der Waals surface area (Å²) < 4.78 is 23.2. The van der Waals surface area contributed by atoms with Crippen LogP contribution in [0.25, 0.3) is 0 Å². The molecule has 0 aromatic heterocycles. The first-order chi connectivity index (χ1) is 37.4. The normalized spacial score (nSPS) is 15.0. The van der Waals surface area contributed by atoms with E-state index in [9.17, 15) is 24.5 Å². The van der Waals surface area contributed by atoms with Crippen LogP contribution in [0.5, 0.6) is 0 Å². The van der Waals surface area contributed by atoms with Gasteiger partial charge in [0, 0.05) is 6.42 Å². The number of phosphoric ester groups is 1. The van der Waals surface area contributed by atoms with Crippen molar-refractivity contribution >= 4 is 13.7 Å². The van der Waals surface area contributed by atoms with Gasteiger partial charge in [0.2, 0.25) is 5.91 Å². The molecule has 0 saturated heterocycles. The minimum absolute atomic E-state index is 0.0514. The lowest BCUT2D eigenvalue weighted by atomic mass is 10.0. The summed E-state index contributed by atoms with van der Waals surface area (Å²) in [5.74, 6) is -0.294. The zero-order valence-electron chi connectivity index (χ0n) is 50.2. The van der Waals surface area contributed by atoms with Crippen molar-refractivity contribution < 1.29 is 38.0 Å². The minimum atomic E-state index is -4.69. The average molecular weight is 1100 g/mol. The van der Waals surface area contributed by atoms with Crippen LogP contribution in [0.1, 0.15) is 251 Å². The highest BCUT2D eigenvalue weighted by Gasteiger charge is 2.29. The van der Waals surface area contributed by atoms with Crippen molar-refractivity contribution in [2.75, 3.05) is 40.9 Å². The smallest absolute Gasteiger partial charge is 0.268 e. The van der Waals surface area contributed by atoms with Crippen LogP contribution in [0, 0.1) is 0 Å². The van der Waals surface area contributed by atoms with Crippen molar-refractivity contribution in [2.24, 2.45) is 0 Å². The second-order valence-corrected chi connectivity index (χ2v) is 23.6. The zero-order valence-corrected chi connectivity index (χ0v) is 51.1. The summed E-state index contributed by atoms with van der Waals surface area (Å²) in [6, 6.07) is -1.10. The SMILES string of the molecule is CC/C=C\C/C=C\C/C=C\C/C=C\C/C=C\C/C=C\C/C=C\CCCCCCCCCCCCCCCCCCCCCC(=O)NC(COP(=O)([O-])OCC[N+](C)(C)C)C(O)C(O)CCC/C=C/CC/C=C/CCCCC. The third-order valence-electron chi connectivity index (χ3n) is 13.6. The highest BCUT2D eigenvalue weighted by molar-refractivity contribution is 7.45. The molecule has 77 heavy (non-hydrogen) atoms. The fraction of sp³-hybridized carbons (Fsp3) is 0.716. The number of nitrogens with one attached hydrogen (secondary N) is 1. The molecule has 0 rings (SSSR count).